The Kier molecular flexibility index (Phi) is 3.01. The Balaban J connectivity index is 2.15. The van der Waals surface area contributed by atoms with E-state index in [4.69, 9.17) is 10.5 Å². The van der Waals surface area contributed by atoms with Gasteiger partial charge < -0.3 is 20.7 Å². The molecular weight excluding hydrogens is 278 g/mol. The lowest BCUT2D eigenvalue weighted by Gasteiger charge is -2.27. The molecule has 0 bridgehead atoms. The molecule has 1 aliphatic heterocycles. The fourth-order valence-electron chi connectivity index (χ4n) is 2.68. The zero-order valence-electron chi connectivity index (χ0n) is 11.6. The van der Waals surface area contributed by atoms with Crippen LogP contribution in [-0.2, 0) is 4.74 Å². The summed E-state index contributed by atoms with van der Waals surface area (Å²) >= 11 is 0. The number of aliphatic hydroxyl groups is 2. The summed E-state index contributed by atoms with van der Waals surface area (Å²) in [6, 6.07) is 0. The number of fused-ring (bicyclic) bond motifs is 1. The summed E-state index contributed by atoms with van der Waals surface area (Å²) in [4.78, 5) is 22.1. The van der Waals surface area contributed by atoms with E-state index < -0.39 is 29.6 Å². The highest BCUT2D eigenvalue weighted by molar-refractivity contribution is 5.70. The second-order valence-corrected chi connectivity index (χ2v) is 5.38. The second-order valence-electron chi connectivity index (χ2n) is 5.38. The van der Waals surface area contributed by atoms with E-state index in [0.29, 0.717) is 6.42 Å². The molecule has 1 saturated heterocycles. The molecule has 0 amide bonds. The largest absolute Gasteiger partial charge is 0.387 e. The first-order valence-electron chi connectivity index (χ1n) is 6.64. The molecule has 114 valence electrons. The Morgan fingerprint density at radius 2 is 2.33 bits per heavy atom. The van der Waals surface area contributed by atoms with Gasteiger partial charge in [-0.05, 0) is 13.3 Å². The van der Waals surface area contributed by atoms with Gasteiger partial charge in [0.15, 0.2) is 17.4 Å². The Morgan fingerprint density at radius 1 is 1.62 bits per heavy atom. The average Bonchev–Trinajstić information content (AvgIpc) is 2.91. The topological polar surface area (TPSA) is 139 Å². The van der Waals surface area contributed by atoms with Gasteiger partial charge in [-0.2, -0.15) is 4.98 Å². The predicted molar refractivity (Wildman–Crippen MR) is 73.4 cm³/mol. The van der Waals surface area contributed by atoms with Crippen molar-refractivity contribution in [2.45, 2.75) is 44.3 Å². The van der Waals surface area contributed by atoms with Gasteiger partial charge in [0.1, 0.15) is 11.7 Å². The highest BCUT2D eigenvalue weighted by atomic mass is 16.6. The molecule has 3 rings (SSSR count). The first kappa shape index (κ1) is 14.0. The van der Waals surface area contributed by atoms with Gasteiger partial charge in [0.05, 0.1) is 12.4 Å². The van der Waals surface area contributed by atoms with E-state index in [1.165, 1.54) is 17.8 Å². The quantitative estimate of drug-likeness (QED) is 0.564. The number of anilines is 1. The number of imidazole rings is 1. The Morgan fingerprint density at radius 3 is 2.95 bits per heavy atom. The maximum Gasteiger partial charge on any atom is 0.280 e. The van der Waals surface area contributed by atoms with Crippen LogP contribution in [0.5, 0.6) is 0 Å². The van der Waals surface area contributed by atoms with Crippen LogP contribution in [0.15, 0.2) is 11.1 Å². The summed E-state index contributed by atoms with van der Waals surface area (Å²) in [7, 11) is 0. The number of nitrogens with zero attached hydrogens (tertiary/aromatic N) is 3. The lowest BCUT2D eigenvalue weighted by molar-refractivity contribution is -0.0940. The molecule has 4 unspecified atom stereocenters. The predicted octanol–water partition coefficient (Wildman–Crippen LogP) is -0.879. The van der Waals surface area contributed by atoms with Gasteiger partial charge in [-0.15, -0.1) is 0 Å². The van der Waals surface area contributed by atoms with Crippen LogP contribution in [0, 0.1) is 0 Å². The standard InChI is InChI=1S/C12H17N5O4/c1-3-5-7(18)12(2,20)10(21-5)17-4-14-6-8(17)15-11(13)16-9(6)19/h4-5,7,10,18,20H,3H2,1-2H3,(H3,13,15,16,19). The molecule has 21 heavy (non-hydrogen) atoms. The van der Waals surface area contributed by atoms with Crippen molar-refractivity contribution in [1.82, 2.24) is 19.5 Å². The van der Waals surface area contributed by atoms with Crippen LogP contribution >= 0.6 is 0 Å². The maximum atomic E-state index is 11.8. The fourth-order valence-corrected chi connectivity index (χ4v) is 2.68. The number of aromatic nitrogens is 4. The average molecular weight is 295 g/mol. The minimum absolute atomic E-state index is 0.0560. The van der Waals surface area contributed by atoms with Crippen LogP contribution < -0.4 is 11.3 Å². The maximum absolute atomic E-state index is 11.8. The molecule has 2 aromatic heterocycles. The molecular formula is C12H17N5O4. The van der Waals surface area contributed by atoms with E-state index in [0.717, 1.165) is 0 Å². The lowest BCUT2D eigenvalue weighted by Crippen LogP contribution is -2.43. The molecule has 1 fully saturated rings. The van der Waals surface area contributed by atoms with Crippen molar-refractivity contribution in [3.05, 3.63) is 16.7 Å². The van der Waals surface area contributed by atoms with Crippen molar-refractivity contribution in [1.29, 1.82) is 0 Å². The number of ether oxygens (including phenoxy) is 1. The first-order valence-corrected chi connectivity index (χ1v) is 6.64. The van der Waals surface area contributed by atoms with Crippen molar-refractivity contribution in [2.75, 3.05) is 5.73 Å². The summed E-state index contributed by atoms with van der Waals surface area (Å²) < 4.78 is 7.12. The van der Waals surface area contributed by atoms with Gasteiger partial charge >= 0.3 is 0 Å². The number of nitrogen functional groups attached to an aromatic ring is 1. The minimum atomic E-state index is -1.53. The third-order valence-corrected chi connectivity index (χ3v) is 3.86. The molecule has 2 aromatic rings. The van der Waals surface area contributed by atoms with Gasteiger partial charge in [-0.1, -0.05) is 6.92 Å². The molecule has 0 saturated carbocycles. The van der Waals surface area contributed by atoms with Gasteiger partial charge in [-0.3, -0.25) is 14.3 Å². The molecule has 0 spiro atoms. The van der Waals surface area contributed by atoms with E-state index in [9.17, 15) is 15.0 Å². The lowest BCUT2D eigenvalue weighted by atomic mass is 9.95. The molecule has 9 nitrogen and oxygen atoms in total. The molecule has 4 atom stereocenters. The highest BCUT2D eigenvalue weighted by Gasteiger charge is 2.52. The van der Waals surface area contributed by atoms with Gasteiger partial charge in [0.25, 0.3) is 5.56 Å². The van der Waals surface area contributed by atoms with Crippen LogP contribution in [0.2, 0.25) is 0 Å². The smallest absolute Gasteiger partial charge is 0.280 e. The summed E-state index contributed by atoms with van der Waals surface area (Å²) in [6.07, 6.45) is -0.588. The van der Waals surface area contributed by atoms with Crippen molar-refractivity contribution in [3.63, 3.8) is 0 Å². The second kappa shape index (κ2) is 4.52. The number of nitrogens with one attached hydrogen (secondary N) is 1. The third kappa shape index (κ3) is 1.93. The molecule has 1 aliphatic rings. The number of aliphatic hydroxyl groups excluding tert-OH is 1. The van der Waals surface area contributed by atoms with E-state index in [2.05, 4.69) is 15.0 Å². The zero-order valence-corrected chi connectivity index (χ0v) is 11.6. The van der Waals surface area contributed by atoms with Gasteiger partial charge in [0, 0.05) is 0 Å². The first-order chi connectivity index (χ1) is 9.86. The van der Waals surface area contributed by atoms with Crippen LogP contribution in [0.25, 0.3) is 11.2 Å². The van der Waals surface area contributed by atoms with Crippen molar-refractivity contribution < 1.29 is 14.9 Å². The van der Waals surface area contributed by atoms with Crippen LogP contribution in [0.3, 0.4) is 0 Å². The van der Waals surface area contributed by atoms with Crippen molar-refractivity contribution in [2.24, 2.45) is 0 Å². The summed E-state index contributed by atoms with van der Waals surface area (Å²) in [5.74, 6) is -0.0560. The summed E-state index contributed by atoms with van der Waals surface area (Å²) in [6.45, 7) is 3.32. The van der Waals surface area contributed by atoms with E-state index >= 15 is 0 Å². The van der Waals surface area contributed by atoms with Crippen LogP contribution in [0.4, 0.5) is 5.95 Å². The number of H-pyrrole nitrogens is 1. The fraction of sp³-hybridized carbons (Fsp3) is 0.583. The Bertz CT molecular complexity index is 737. The molecule has 0 radical (unpaired) electrons. The molecule has 5 N–H and O–H groups in total. The van der Waals surface area contributed by atoms with E-state index in [1.807, 2.05) is 6.92 Å². The number of rotatable bonds is 2. The monoisotopic (exact) mass is 295 g/mol. The van der Waals surface area contributed by atoms with Gasteiger partial charge in [0.2, 0.25) is 5.95 Å². The summed E-state index contributed by atoms with van der Waals surface area (Å²) in [5, 5.41) is 20.7. The number of nitrogens with two attached hydrogens (primary N) is 1. The molecule has 0 aliphatic carbocycles. The number of aromatic amines is 1. The molecule has 3 heterocycles. The molecule has 9 heteroatoms. The zero-order chi connectivity index (χ0) is 15.4. The van der Waals surface area contributed by atoms with Crippen LogP contribution in [-0.4, -0.2) is 47.5 Å². The van der Waals surface area contributed by atoms with Gasteiger partial charge in [-0.25, -0.2) is 4.98 Å². The number of hydrogen-bond donors (Lipinski definition) is 4. The normalized spacial score (nSPS) is 32.9. The van der Waals surface area contributed by atoms with E-state index in [-0.39, 0.29) is 17.1 Å². The SMILES string of the molecule is CCC1OC(n2cnc3c(=O)[nH]c(N)nc32)C(C)(O)C1O. The number of hydrogen-bond acceptors (Lipinski definition) is 7. The minimum Gasteiger partial charge on any atom is -0.387 e. The third-order valence-electron chi connectivity index (χ3n) is 3.86. The summed E-state index contributed by atoms with van der Waals surface area (Å²) in [5.41, 5.74) is 3.83. The van der Waals surface area contributed by atoms with Crippen molar-refractivity contribution >= 4 is 17.1 Å². The van der Waals surface area contributed by atoms with Crippen molar-refractivity contribution in [3.8, 4) is 0 Å². The Labute approximate surface area is 119 Å². The van der Waals surface area contributed by atoms with E-state index in [1.54, 1.807) is 0 Å². The Hall–Kier alpha value is -1.97. The highest BCUT2D eigenvalue weighted by Crippen LogP contribution is 2.40. The molecule has 0 aromatic carbocycles. The van der Waals surface area contributed by atoms with Crippen LogP contribution in [0.1, 0.15) is 26.5 Å².